The molecule has 2 aromatic carbocycles. The highest BCUT2D eigenvalue weighted by Crippen LogP contribution is 2.32. The molecule has 0 aliphatic rings. The van der Waals surface area contributed by atoms with Crippen LogP contribution in [0.25, 0.3) is 16.7 Å². The summed E-state index contributed by atoms with van der Waals surface area (Å²) in [4.78, 5) is 37.9. The van der Waals surface area contributed by atoms with Gasteiger partial charge >= 0.3 is 6.18 Å². The van der Waals surface area contributed by atoms with Gasteiger partial charge in [0, 0.05) is 20.4 Å². The molecule has 9 nitrogen and oxygen atoms in total. The van der Waals surface area contributed by atoms with Crippen LogP contribution in [0.15, 0.2) is 65.6 Å². The average molecular weight is 598 g/mol. The second-order valence-corrected chi connectivity index (χ2v) is 9.67. The Morgan fingerprint density at radius 2 is 1.77 bits per heavy atom. The number of carbonyl (C=O) groups is 1. The van der Waals surface area contributed by atoms with E-state index in [9.17, 15) is 32.4 Å². The molecule has 0 fully saturated rings. The third-order valence-electron chi connectivity index (χ3n) is 6.81. The molecule has 2 aromatic heterocycles. The fourth-order valence-corrected chi connectivity index (χ4v) is 4.87. The summed E-state index contributed by atoms with van der Waals surface area (Å²) in [6, 6.07) is 12.0. The third kappa shape index (κ3) is 6.71. The Balaban J connectivity index is 1.88. The normalized spacial score (nSPS) is 12.3. The number of hydrogen-bond donors (Lipinski definition) is 0. The SMILES string of the molecule is COCC(COC)N(C(=O)Cc1ccc(F)c(C(F)(F)F)c1)[C@H](C)c1nc2ncccc2c(=O)n1-c1ccc(C#N)cc1. The van der Waals surface area contributed by atoms with Gasteiger partial charge in [-0.05, 0) is 61.0 Å². The molecule has 1 amide bonds. The fourth-order valence-electron chi connectivity index (χ4n) is 4.87. The number of carbonyl (C=O) groups excluding carboxylic acids is 1. The highest BCUT2D eigenvalue weighted by atomic mass is 19.4. The zero-order valence-electron chi connectivity index (χ0n) is 23.4. The Morgan fingerprint density at radius 3 is 2.37 bits per heavy atom. The number of fused-ring (bicyclic) bond motifs is 1. The Bertz CT molecular complexity index is 1710. The smallest absolute Gasteiger partial charge is 0.382 e. The lowest BCUT2D eigenvalue weighted by molar-refractivity contribution is -0.141. The van der Waals surface area contributed by atoms with Gasteiger partial charge in [-0.2, -0.15) is 18.4 Å². The zero-order valence-corrected chi connectivity index (χ0v) is 23.4. The highest BCUT2D eigenvalue weighted by Gasteiger charge is 2.36. The first-order valence-electron chi connectivity index (χ1n) is 13.0. The number of aromatic nitrogens is 3. The predicted molar refractivity (Wildman–Crippen MR) is 148 cm³/mol. The van der Waals surface area contributed by atoms with Crippen molar-refractivity contribution in [1.82, 2.24) is 19.4 Å². The second-order valence-electron chi connectivity index (χ2n) is 9.67. The maximum atomic E-state index is 13.9. The van der Waals surface area contributed by atoms with Crippen molar-refractivity contribution >= 4 is 16.9 Å². The Morgan fingerprint density at radius 1 is 1.09 bits per heavy atom. The van der Waals surface area contributed by atoms with Gasteiger partial charge in [0.25, 0.3) is 5.56 Å². The monoisotopic (exact) mass is 597 g/mol. The first-order valence-corrected chi connectivity index (χ1v) is 13.0. The van der Waals surface area contributed by atoms with Crippen molar-refractivity contribution in [1.29, 1.82) is 5.26 Å². The number of nitrogens with zero attached hydrogens (tertiary/aromatic N) is 5. The number of rotatable bonds is 10. The molecular formula is C30H27F4N5O4. The van der Waals surface area contributed by atoms with Crippen LogP contribution in [-0.4, -0.2) is 58.8 Å². The van der Waals surface area contributed by atoms with Crippen molar-refractivity contribution in [2.24, 2.45) is 0 Å². The predicted octanol–water partition coefficient (Wildman–Crippen LogP) is 4.60. The van der Waals surface area contributed by atoms with Gasteiger partial charge in [0.05, 0.1) is 60.0 Å². The molecule has 4 rings (SSSR count). The van der Waals surface area contributed by atoms with Gasteiger partial charge in [0.2, 0.25) is 5.91 Å². The lowest BCUT2D eigenvalue weighted by Gasteiger charge is -2.36. The molecule has 0 N–H and O–H groups in total. The number of halogens is 4. The average Bonchev–Trinajstić information content (AvgIpc) is 2.98. The van der Waals surface area contributed by atoms with E-state index in [2.05, 4.69) is 9.97 Å². The summed E-state index contributed by atoms with van der Waals surface area (Å²) in [7, 11) is 2.83. The molecular weight excluding hydrogens is 570 g/mol. The number of pyridine rings is 1. The Labute approximate surface area is 243 Å². The van der Waals surface area contributed by atoms with Gasteiger partial charge in [-0.15, -0.1) is 0 Å². The van der Waals surface area contributed by atoms with Crippen LogP contribution in [0, 0.1) is 17.1 Å². The van der Waals surface area contributed by atoms with Crippen LogP contribution >= 0.6 is 0 Å². The van der Waals surface area contributed by atoms with Gasteiger partial charge in [-0.25, -0.2) is 14.4 Å². The van der Waals surface area contributed by atoms with Gasteiger partial charge in [0.15, 0.2) is 5.65 Å². The number of benzene rings is 2. The van der Waals surface area contributed by atoms with Crippen LogP contribution in [0.4, 0.5) is 17.6 Å². The number of methoxy groups -OCH3 is 2. The maximum absolute atomic E-state index is 13.9. The largest absolute Gasteiger partial charge is 0.419 e. The molecule has 0 saturated heterocycles. The van der Waals surface area contributed by atoms with Crippen molar-refractivity contribution in [3.63, 3.8) is 0 Å². The number of ether oxygens (including phenoxy) is 2. The molecule has 0 bridgehead atoms. The van der Waals surface area contributed by atoms with E-state index >= 15 is 0 Å². The molecule has 0 unspecified atom stereocenters. The van der Waals surface area contributed by atoms with Gasteiger partial charge in [0.1, 0.15) is 11.6 Å². The van der Waals surface area contributed by atoms with E-state index in [4.69, 9.17) is 9.47 Å². The molecule has 0 aliphatic heterocycles. The van der Waals surface area contributed by atoms with E-state index in [1.165, 1.54) is 42.0 Å². The van der Waals surface area contributed by atoms with E-state index in [1.807, 2.05) is 6.07 Å². The van der Waals surface area contributed by atoms with Crippen molar-refractivity contribution < 1.29 is 31.8 Å². The van der Waals surface area contributed by atoms with Crippen LogP contribution in [0.2, 0.25) is 0 Å². The standard InChI is InChI=1S/C30H27F4N5O4/c1-18(28-37-27-23(5-4-12-36-27)29(41)39(28)21-9-6-19(15-35)7-10-21)38(22(16-42-2)17-43-3)26(40)14-20-8-11-25(31)24(13-20)30(32,33)34/h4-13,18,22H,14,16-17H2,1-3H3/t18-/m1/s1. The summed E-state index contributed by atoms with van der Waals surface area (Å²) < 4.78 is 66.1. The molecule has 1 atom stereocenters. The van der Waals surface area contributed by atoms with Crippen LogP contribution < -0.4 is 5.56 Å². The van der Waals surface area contributed by atoms with E-state index in [1.54, 1.807) is 31.2 Å². The minimum Gasteiger partial charge on any atom is -0.382 e. The molecule has 0 radical (unpaired) electrons. The quantitative estimate of drug-likeness (QED) is 0.246. The van der Waals surface area contributed by atoms with Gasteiger partial charge in [-0.1, -0.05) is 6.07 Å². The summed E-state index contributed by atoms with van der Waals surface area (Å²) in [5, 5.41) is 9.45. The topological polar surface area (TPSA) is 110 Å². The first-order chi connectivity index (χ1) is 20.5. The zero-order chi connectivity index (χ0) is 31.3. The molecule has 0 saturated carbocycles. The minimum atomic E-state index is -4.95. The number of hydrogen-bond acceptors (Lipinski definition) is 7. The molecule has 43 heavy (non-hydrogen) atoms. The van der Waals surface area contributed by atoms with Crippen molar-refractivity contribution in [3.05, 3.63) is 99.5 Å². The molecule has 2 heterocycles. The maximum Gasteiger partial charge on any atom is 0.419 e. The van der Waals surface area contributed by atoms with E-state index < -0.39 is 47.5 Å². The summed E-state index contributed by atoms with van der Waals surface area (Å²) in [6.07, 6.45) is -4.02. The summed E-state index contributed by atoms with van der Waals surface area (Å²) in [6.45, 7) is 1.57. The fraction of sp³-hybridized carbons (Fsp3) is 0.300. The molecule has 224 valence electrons. The van der Waals surface area contributed by atoms with Crippen LogP contribution in [0.1, 0.15) is 35.5 Å². The number of alkyl halides is 3. The highest BCUT2D eigenvalue weighted by molar-refractivity contribution is 5.80. The molecule has 4 aromatic rings. The summed E-state index contributed by atoms with van der Waals surface area (Å²) in [5.74, 6) is -2.00. The third-order valence-corrected chi connectivity index (χ3v) is 6.81. The summed E-state index contributed by atoms with van der Waals surface area (Å²) in [5.41, 5.74) is -1.20. The van der Waals surface area contributed by atoms with E-state index in [0.29, 0.717) is 23.4 Å². The van der Waals surface area contributed by atoms with Crippen molar-refractivity contribution in [2.75, 3.05) is 27.4 Å². The number of nitriles is 1. The number of amides is 1. The lowest BCUT2D eigenvalue weighted by Crippen LogP contribution is -2.48. The van der Waals surface area contributed by atoms with Gasteiger partial charge < -0.3 is 14.4 Å². The molecule has 13 heteroatoms. The van der Waals surface area contributed by atoms with E-state index in [-0.39, 0.29) is 35.6 Å². The lowest BCUT2D eigenvalue weighted by atomic mass is 10.0. The first kappa shape index (κ1) is 31.3. The van der Waals surface area contributed by atoms with Crippen molar-refractivity contribution in [3.8, 4) is 11.8 Å². The van der Waals surface area contributed by atoms with Crippen LogP contribution in [0.3, 0.4) is 0 Å². The Hall–Kier alpha value is -4.67. The Kier molecular flexibility index (Phi) is 9.53. The van der Waals surface area contributed by atoms with Crippen LogP contribution in [-0.2, 0) is 26.9 Å². The molecule has 0 aliphatic carbocycles. The minimum absolute atomic E-state index is 0.0198. The van der Waals surface area contributed by atoms with Gasteiger partial charge in [-0.3, -0.25) is 14.2 Å². The second kappa shape index (κ2) is 13.1. The van der Waals surface area contributed by atoms with E-state index in [0.717, 1.165) is 6.07 Å². The van der Waals surface area contributed by atoms with Crippen molar-refractivity contribution in [2.45, 2.75) is 31.6 Å². The summed E-state index contributed by atoms with van der Waals surface area (Å²) >= 11 is 0. The van der Waals surface area contributed by atoms with Crippen LogP contribution in [0.5, 0.6) is 0 Å². The molecule has 0 spiro atoms.